The highest BCUT2D eigenvalue weighted by Crippen LogP contribution is 2.51. The molecule has 0 N–H and O–H groups in total. The molecule has 3 heterocycles. The van der Waals surface area contributed by atoms with Crippen molar-refractivity contribution in [1.29, 1.82) is 0 Å². The van der Waals surface area contributed by atoms with Gasteiger partial charge in [0, 0.05) is 39.3 Å². The number of rotatable bonds is 2. The molecule has 0 bridgehead atoms. The van der Waals surface area contributed by atoms with Crippen molar-refractivity contribution in [2.24, 2.45) is 0 Å². The van der Waals surface area contributed by atoms with Crippen LogP contribution in [0.3, 0.4) is 0 Å². The Kier molecular flexibility index (Phi) is 7.18. The van der Waals surface area contributed by atoms with Crippen molar-refractivity contribution in [2.75, 3.05) is 9.80 Å². The van der Waals surface area contributed by atoms with Gasteiger partial charge in [0.1, 0.15) is 5.58 Å². The summed E-state index contributed by atoms with van der Waals surface area (Å²) in [6, 6.07) is 37.2. The van der Waals surface area contributed by atoms with Gasteiger partial charge in [-0.1, -0.05) is 118 Å². The van der Waals surface area contributed by atoms with E-state index in [0.29, 0.717) is 0 Å². The maximum atomic E-state index is 7.02. The molecule has 6 aromatic rings. The quantitative estimate of drug-likeness (QED) is 0.168. The van der Waals surface area contributed by atoms with Crippen molar-refractivity contribution in [3.05, 3.63) is 125 Å². The molecule has 0 spiro atoms. The molecule has 5 aromatic carbocycles. The second-order valence-corrected chi connectivity index (χ2v) is 19.5. The predicted molar refractivity (Wildman–Crippen MR) is 228 cm³/mol. The molecular weight excluding hydrogens is 643 g/mol. The molecule has 268 valence electrons. The van der Waals surface area contributed by atoms with Gasteiger partial charge in [0.15, 0.2) is 0 Å². The van der Waals surface area contributed by atoms with Crippen LogP contribution in [0.1, 0.15) is 110 Å². The van der Waals surface area contributed by atoms with E-state index in [4.69, 9.17) is 4.42 Å². The second kappa shape index (κ2) is 11.2. The summed E-state index contributed by atoms with van der Waals surface area (Å²) in [4.78, 5) is 4.98. The maximum absolute atomic E-state index is 7.02. The van der Waals surface area contributed by atoms with E-state index in [9.17, 15) is 0 Å². The fourth-order valence-electron chi connectivity index (χ4n) is 9.42. The van der Waals surface area contributed by atoms with Crippen molar-refractivity contribution in [2.45, 2.75) is 111 Å². The summed E-state index contributed by atoms with van der Waals surface area (Å²) in [7, 11) is 0. The number of benzene rings is 5. The van der Waals surface area contributed by atoms with Gasteiger partial charge in [0.2, 0.25) is 5.88 Å². The van der Waals surface area contributed by atoms with Crippen molar-refractivity contribution in [1.82, 2.24) is 0 Å². The summed E-state index contributed by atoms with van der Waals surface area (Å²) in [5.74, 6) is 0.926. The van der Waals surface area contributed by atoms with Crippen molar-refractivity contribution in [3.63, 3.8) is 0 Å². The third-order valence-electron chi connectivity index (χ3n) is 12.7. The standard InChI is InChI=1S/C49H53BN2O/c1-30-26-40-44-41(27-30)52(34-22-18-32(19-23-34)47(5,6)7)45-43(35-14-12-13-15-42(35)53-45)50(44)38-28-36-37(49(10,11)25-24-48(36,8)9)29-39(38)51(40)33-20-16-31(17-21-33)46(2,3)4/h12-23,26-29H,24-25H2,1-11H3. The number of aryl methyl sites for hydroxylation is 1. The fraction of sp³-hybridized carbons (Fsp3) is 0.347. The molecule has 1 aliphatic carbocycles. The van der Waals surface area contributed by atoms with E-state index in [0.717, 1.165) is 17.2 Å². The predicted octanol–water partition coefficient (Wildman–Crippen LogP) is 11.8. The molecule has 0 saturated heterocycles. The van der Waals surface area contributed by atoms with E-state index in [2.05, 4.69) is 183 Å². The van der Waals surface area contributed by atoms with Gasteiger partial charge in [0.25, 0.3) is 6.71 Å². The van der Waals surface area contributed by atoms with Crippen LogP contribution in [-0.4, -0.2) is 6.71 Å². The van der Waals surface area contributed by atoms with Crippen LogP contribution in [-0.2, 0) is 21.7 Å². The van der Waals surface area contributed by atoms with Crippen LogP contribution in [0.2, 0.25) is 0 Å². The zero-order chi connectivity index (χ0) is 37.4. The Morgan fingerprint density at radius 1 is 0.585 bits per heavy atom. The Labute approximate surface area is 317 Å². The first kappa shape index (κ1) is 34.1. The lowest BCUT2D eigenvalue weighted by Gasteiger charge is -2.46. The molecule has 9 rings (SSSR count). The lowest BCUT2D eigenvalue weighted by molar-refractivity contribution is 0.332. The molecule has 4 heteroatoms. The Morgan fingerprint density at radius 3 is 1.66 bits per heavy atom. The lowest BCUT2D eigenvalue weighted by atomic mass is 9.33. The van der Waals surface area contributed by atoms with Gasteiger partial charge in [-0.05, 0) is 129 Å². The van der Waals surface area contributed by atoms with Crippen LogP contribution in [0.5, 0.6) is 0 Å². The van der Waals surface area contributed by atoms with Crippen LogP contribution >= 0.6 is 0 Å². The monoisotopic (exact) mass is 696 g/mol. The Balaban J connectivity index is 1.39. The van der Waals surface area contributed by atoms with E-state index in [1.54, 1.807) is 0 Å². The van der Waals surface area contributed by atoms with Crippen LogP contribution < -0.4 is 26.2 Å². The normalized spacial score (nSPS) is 17.0. The molecule has 0 unspecified atom stereocenters. The number of nitrogens with zero attached hydrogens (tertiary/aromatic N) is 2. The van der Waals surface area contributed by atoms with Gasteiger partial charge in [-0.15, -0.1) is 0 Å². The van der Waals surface area contributed by atoms with Gasteiger partial charge < -0.3 is 9.32 Å². The van der Waals surface area contributed by atoms with E-state index in [-0.39, 0.29) is 28.4 Å². The first-order valence-electron chi connectivity index (χ1n) is 19.6. The minimum absolute atomic E-state index is 0.00980. The van der Waals surface area contributed by atoms with Crippen molar-refractivity contribution >= 4 is 68.4 Å². The minimum Gasteiger partial charge on any atom is -0.440 e. The van der Waals surface area contributed by atoms with E-state index in [1.165, 1.54) is 85.2 Å². The van der Waals surface area contributed by atoms with Gasteiger partial charge >= 0.3 is 0 Å². The first-order chi connectivity index (χ1) is 24.9. The molecular formula is C49H53BN2O. The van der Waals surface area contributed by atoms with E-state index in [1.807, 2.05) is 0 Å². The molecule has 0 saturated carbocycles. The van der Waals surface area contributed by atoms with Crippen molar-refractivity contribution in [3.8, 4) is 0 Å². The minimum atomic E-state index is 0.00980. The van der Waals surface area contributed by atoms with Gasteiger partial charge in [-0.25, -0.2) is 0 Å². The molecule has 3 aliphatic rings. The summed E-state index contributed by atoms with van der Waals surface area (Å²) >= 11 is 0. The molecule has 1 aromatic heterocycles. The topological polar surface area (TPSA) is 19.6 Å². The lowest BCUT2D eigenvalue weighted by Crippen LogP contribution is -2.61. The SMILES string of the molecule is Cc1cc2c3c(c1)N(c1ccc(C(C)(C)C)cc1)c1oc4ccccc4c1B3c1cc3c(cc1N2c1ccc(C(C)(C)C)cc1)C(C)(C)CCC3(C)C. The highest BCUT2D eigenvalue weighted by Gasteiger charge is 2.48. The van der Waals surface area contributed by atoms with Crippen LogP contribution in [0, 0.1) is 6.92 Å². The smallest absolute Gasteiger partial charge is 0.257 e. The van der Waals surface area contributed by atoms with E-state index >= 15 is 0 Å². The van der Waals surface area contributed by atoms with Gasteiger partial charge in [0.05, 0.1) is 0 Å². The summed E-state index contributed by atoms with van der Waals surface area (Å²) < 4.78 is 7.02. The average Bonchev–Trinajstić information content (AvgIpc) is 3.48. The van der Waals surface area contributed by atoms with Crippen LogP contribution in [0.4, 0.5) is 34.3 Å². The molecule has 53 heavy (non-hydrogen) atoms. The zero-order valence-electron chi connectivity index (χ0n) is 33.5. The summed E-state index contributed by atoms with van der Waals surface area (Å²) in [6.45, 7) is 25.8. The Bertz CT molecular complexity index is 2430. The number of fused-ring (bicyclic) bond motifs is 7. The second-order valence-electron chi connectivity index (χ2n) is 19.5. The Morgan fingerprint density at radius 2 is 1.09 bits per heavy atom. The van der Waals surface area contributed by atoms with Crippen LogP contribution in [0.25, 0.3) is 11.0 Å². The molecule has 0 fully saturated rings. The molecule has 0 atom stereocenters. The van der Waals surface area contributed by atoms with E-state index < -0.39 is 0 Å². The first-order valence-corrected chi connectivity index (χ1v) is 19.6. The third kappa shape index (κ3) is 5.15. The number of hydrogen-bond donors (Lipinski definition) is 0. The summed E-state index contributed by atoms with van der Waals surface area (Å²) in [5.41, 5.74) is 18.1. The highest BCUT2D eigenvalue weighted by atomic mass is 16.4. The average molecular weight is 697 g/mol. The molecule has 3 nitrogen and oxygen atoms in total. The molecule has 0 amide bonds. The molecule has 0 radical (unpaired) electrons. The zero-order valence-corrected chi connectivity index (χ0v) is 33.5. The summed E-state index contributed by atoms with van der Waals surface area (Å²) in [5, 5.41) is 1.19. The molecule has 2 aliphatic heterocycles. The Hall–Kier alpha value is -4.70. The van der Waals surface area contributed by atoms with Crippen molar-refractivity contribution < 1.29 is 4.42 Å². The fourth-order valence-corrected chi connectivity index (χ4v) is 9.42. The maximum Gasteiger partial charge on any atom is 0.257 e. The number of furan rings is 1. The van der Waals surface area contributed by atoms with Gasteiger partial charge in [-0.2, -0.15) is 0 Å². The number of anilines is 6. The number of para-hydroxylation sites is 1. The highest BCUT2D eigenvalue weighted by molar-refractivity contribution is 7.01. The number of hydrogen-bond acceptors (Lipinski definition) is 3. The van der Waals surface area contributed by atoms with Gasteiger partial charge in [-0.3, -0.25) is 4.90 Å². The van der Waals surface area contributed by atoms with Crippen LogP contribution in [0.15, 0.2) is 101 Å². The largest absolute Gasteiger partial charge is 0.440 e. The third-order valence-corrected chi connectivity index (χ3v) is 12.7. The summed E-state index contributed by atoms with van der Waals surface area (Å²) in [6.07, 6.45) is 2.35.